The van der Waals surface area contributed by atoms with Gasteiger partial charge in [0.05, 0.1) is 18.1 Å². The highest BCUT2D eigenvalue weighted by Gasteiger charge is 2.71. The van der Waals surface area contributed by atoms with Crippen LogP contribution in [0.25, 0.3) is 6.08 Å². The number of anilines is 1. The Bertz CT molecular complexity index is 1830. The number of ketones is 3. The van der Waals surface area contributed by atoms with Crippen molar-refractivity contribution in [2.75, 3.05) is 12.0 Å². The van der Waals surface area contributed by atoms with Crippen molar-refractivity contribution in [2.24, 2.45) is 5.41 Å². The fourth-order valence-electron chi connectivity index (χ4n) is 7.07. The van der Waals surface area contributed by atoms with Crippen molar-refractivity contribution in [1.82, 2.24) is 0 Å². The highest BCUT2D eigenvalue weighted by molar-refractivity contribution is 6.32. The highest BCUT2D eigenvalue weighted by Crippen LogP contribution is 2.61. The van der Waals surface area contributed by atoms with Crippen LogP contribution in [0.1, 0.15) is 48.1 Å². The molecule has 0 N–H and O–H groups in total. The number of para-hydroxylation sites is 1. The molecule has 0 unspecified atom stereocenters. The van der Waals surface area contributed by atoms with Gasteiger partial charge in [0.1, 0.15) is 17.2 Å². The molecule has 3 atom stereocenters. The Morgan fingerprint density at radius 1 is 0.881 bits per heavy atom. The number of carbonyl (C=O) groups is 3. The minimum atomic E-state index is -1.67. The molecular weight excluding hydrogens is 532 g/mol. The van der Waals surface area contributed by atoms with Gasteiger partial charge in [0, 0.05) is 40.4 Å². The number of non-ortho nitro benzene ring substituents is 1. The maximum Gasteiger partial charge on any atom is 0.270 e. The van der Waals surface area contributed by atoms with Gasteiger partial charge in [-0.25, -0.2) is 0 Å². The second kappa shape index (κ2) is 9.34. The van der Waals surface area contributed by atoms with Crippen LogP contribution in [0.3, 0.4) is 0 Å². The summed E-state index contributed by atoms with van der Waals surface area (Å²) in [5.74, 6) is -1.53. The largest absolute Gasteiger partial charge is 0.497 e. The van der Waals surface area contributed by atoms with E-state index in [2.05, 4.69) is 0 Å². The van der Waals surface area contributed by atoms with Crippen LogP contribution in [0.4, 0.5) is 11.4 Å². The van der Waals surface area contributed by atoms with Crippen molar-refractivity contribution in [3.8, 4) is 5.75 Å². The minimum absolute atomic E-state index is 0.125. The monoisotopic (exact) mass is 556 g/mol. The van der Waals surface area contributed by atoms with E-state index >= 15 is 0 Å². The molecule has 1 aliphatic carbocycles. The summed E-state index contributed by atoms with van der Waals surface area (Å²) in [6, 6.07) is 25.2. The molecule has 4 aromatic carbocycles. The predicted molar refractivity (Wildman–Crippen MR) is 156 cm³/mol. The third-order valence-electron chi connectivity index (χ3n) is 8.78. The first kappa shape index (κ1) is 25.6. The summed E-state index contributed by atoms with van der Waals surface area (Å²) in [7, 11) is 1.53. The van der Waals surface area contributed by atoms with Gasteiger partial charge in [-0.15, -0.1) is 0 Å². The molecule has 2 heterocycles. The highest BCUT2D eigenvalue weighted by atomic mass is 16.6. The lowest BCUT2D eigenvalue weighted by atomic mass is 9.64. The SMILES string of the molecule is COc1cccc([C@@H]2[C@H](C(=O)c3cccc([N+](=O)[O-])c3)N3c4ccccc4C=C[C@H]3C23C(=O)c2ccccc2C3=O)c1. The number of benzene rings is 4. The van der Waals surface area contributed by atoms with Gasteiger partial charge in [-0.05, 0) is 29.3 Å². The quantitative estimate of drug-likeness (QED) is 0.130. The van der Waals surface area contributed by atoms with Crippen molar-refractivity contribution in [3.05, 3.63) is 141 Å². The summed E-state index contributed by atoms with van der Waals surface area (Å²) >= 11 is 0. The number of ether oxygens (including phenoxy) is 1. The molecule has 0 saturated carbocycles. The fraction of sp³-hybridized carbons (Fsp3) is 0.147. The van der Waals surface area contributed by atoms with Crippen LogP contribution in [-0.4, -0.2) is 41.5 Å². The van der Waals surface area contributed by atoms with Crippen molar-refractivity contribution >= 4 is 34.8 Å². The van der Waals surface area contributed by atoms with Crippen molar-refractivity contribution in [1.29, 1.82) is 0 Å². The van der Waals surface area contributed by atoms with Gasteiger partial charge in [0.15, 0.2) is 17.3 Å². The number of nitrogens with zero attached hydrogens (tertiary/aromatic N) is 2. The van der Waals surface area contributed by atoms with E-state index < -0.39 is 34.1 Å². The number of nitro groups is 1. The van der Waals surface area contributed by atoms with Gasteiger partial charge in [-0.1, -0.05) is 78.9 Å². The van der Waals surface area contributed by atoms with E-state index in [0.29, 0.717) is 28.1 Å². The van der Waals surface area contributed by atoms with Crippen LogP contribution in [0.15, 0.2) is 103 Å². The summed E-state index contributed by atoms with van der Waals surface area (Å²) in [5, 5.41) is 11.6. The fourth-order valence-corrected chi connectivity index (χ4v) is 7.07. The van der Waals surface area contributed by atoms with E-state index in [1.807, 2.05) is 41.3 Å². The smallest absolute Gasteiger partial charge is 0.270 e. The van der Waals surface area contributed by atoms with E-state index in [-0.39, 0.29) is 22.8 Å². The summed E-state index contributed by atoms with van der Waals surface area (Å²) in [6.07, 6.45) is 3.74. The van der Waals surface area contributed by atoms with Crippen molar-refractivity contribution in [2.45, 2.75) is 18.0 Å². The average molecular weight is 557 g/mol. The lowest BCUT2D eigenvalue weighted by Crippen LogP contribution is -2.48. The Hall–Kier alpha value is -5.37. The van der Waals surface area contributed by atoms with E-state index in [1.165, 1.54) is 31.4 Å². The molecule has 42 heavy (non-hydrogen) atoms. The minimum Gasteiger partial charge on any atom is -0.497 e. The Kier molecular flexibility index (Phi) is 5.69. The molecule has 2 aliphatic heterocycles. The zero-order valence-corrected chi connectivity index (χ0v) is 22.5. The van der Waals surface area contributed by atoms with Crippen LogP contribution in [0.2, 0.25) is 0 Å². The Morgan fingerprint density at radius 2 is 1.57 bits per heavy atom. The summed E-state index contributed by atoms with van der Waals surface area (Å²) in [5.41, 5.74) is 1.02. The molecule has 7 rings (SSSR count). The topological polar surface area (TPSA) is 107 Å². The zero-order chi connectivity index (χ0) is 29.2. The lowest BCUT2D eigenvalue weighted by Gasteiger charge is -2.37. The lowest BCUT2D eigenvalue weighted by molar-refractivity contribution is -0.384. The maximum absolute atomic E-state index is 14.7. The van der Waals surface area contributed by atoms with Crippen LogP contribution in [0, 0.1) is 15.5 Å². The second-order valence-electron chi connectivity index (χ2n) is 10.7. The second-order valence-corrected chi connectivity index (χ2v) is 10.7. The summed E-state index contributed by atoms with van der Waals surface area (Å²) in [4.78, 5) is 57.0. The molecule has 206 valence electrons. The molecule has 1 saturated heterocycles. The molecule has 1 fully saturated rings. The molecule has 4 aromatic rings. The molecule has 1 spiro atoms. The molecule has 0 aromatic heterocycles. The molecule has 8 heteroatoms. The molecule has 0 bridgehead atoms. The van der Waals surface area contributed by atoms with Gasteiger partial charge in [0.2, 0.25) is 0 Å². The number of hydrogen-bond acceptors (Lipinski definition) is 7. The first-order valence-electron chi connectivity index (χ1n) is 13.5. The Labute approximate surface area is 241 Å². The third-order valence-corrected chi connectivity index (χ3v) is 8.78. The van der Waals surface area contributed by atoms with E-state index in [4.69, 9.17) is 4.74 Å². The van der Waals surface area contributed by atoms with E-state index in [9.17, 15) is 24.5 Å². The van der Waals surface area contributed by atoms with Crippen molar-refractivity contribution in [3.63, 3.8) is 0 Å². The van der Waals surface area contributed by atoms with E-state index in [0.717, 1.165) is 5.56 Å². The standard InChI is InChI=1S/C34H24N2O6/c1-42-24-12-7-9-21(19-24)29-30(31(37)22-10-6-11-23(18-22)36(40)41)35-27-15-5-2-8-20(27)16-17-28(35)34(29)32(38)25-13-3-4-14-26(25)33(34)39/h2-19,28-30H,1H3/t28-,29+,30+/m0/s1. The third kappa shape index (κ3) is 3.38. The number of nitro benzene ring substituents is 1. The van der Waals surface area contributed by atoms with Gasteiger partial charge in [-0.3, -0.25) is 24.5 Å². The van der Waals surface area contributed by atoms with Crippen LogP contribution in [-0.2, 0) is 0 Å². The number of Topliss-reactive ketones (excluding diaryl/α,β-unsaturated/α-hetero) is 3. The molecule has 3 aliphatic rings. The molecular formula is C34H24N2O6. The van der Waals surface area contributed by atoms with Crippen LogP contribution in [0.5, 0.6) is 5.75 Å². The number of rotatable bonds is 5. The first-order valence-corrected chi connectivity index (χ1v) is 13.5. The number of methoxy groups -OCH3 is 1. The Balaban J connectivity index is 1.54. The first-order chi connectivity index (χ1) is 20.4. The maximum atomic E-state index is 14.7. The van der Waals surface area contributed by atoms with Crippen molar-refractivity contribution < 1.29 is 24.0 Å². The van der Waals surface area contributed by atoms with Gasteiger partial charge in [0.25, 0.3) is 5.69 Å². The number of hydrogen-bond donors (Lipinski definition) is 0. The normalized spacial score (nSPS) is 21.2. The molecule has 0 radical (unpaired) electrons. The van der Waals surface area contributed by atoms with Gasteiger partial charge in [-0.2, -0.15) is 0 Å². The molecule has 8 nitrogen and oxygen atoms in total. The van der Waals surface area contributed by atoms with Crippen LogP contribution >= 0.6 is 0 Å². The Morgan fingerprint density at radius 3 is 2.29 bits per heavy atom. The van der Waals surface area contributed by atoms with E-state index in [1.54, 1.807) is 48.5 Å². The summed E-state index contributed by atoms with van der Waals surface area (Å²) < 4.78 is 5.52. The number of fused-ring (bicyclic) bond motifs is 5. The predicted octanol–water partition coefficient (Wildman–Crippen LogP) is 5.92. The summed E-state index contributed by atoms with van der Waals surface area (Å²) in [6.45, 7) is 0. The number of carbonyl (C=O) groups excluding carboxylic acids is 3. The zero-order valence-electron chi connectivity index (χ0n) is 22.5. The van der Waals surface area contributed by atoms with Crippen LogP contribution < -0.4 is 9.64 Å². The average Bonchev–Trinajstić information content (AvgIpc) is 3.47. The van der Waals surface area contributed by atoms with Gasteiger partial charge >= 0.3 is 0 Å². The van der Waals surface area contributed by atoms with Gasteiger partial charge < -0.3 is 9.64 Å². The molecule has 0 amide bonds.